The molecular weight excluding hydrogens is 294 g/mol. The number of nitro groups is 1. The summed E-state index contributed by atoms with van der Waals surface area (Å²) in [6.07, 6.45) is 1.78. The minimum Gasteiger partial charge on any atom is -0.304 e. The Morgan fingerprint density at radius 2 is 1.96 bits per heavy atom. The van der Waals surface area contributed by atoms with Crippen molar-refractivity contribution < 1.29 is 4.92 Å². The summed E-state index contributed by atoms with van der Waals surface area (Å²) >= 11 is 0. The zero-order valence-electron chi connectivity index (χ0n) is 13.2. The van der Waals surface area contributed by atoms with Crippen LogP contribution < -0.4 is 0 Å². The summed E-state index contributed by atoms with van der Waals surface area (Å²) in [6, 6.07) is 8.58. The quantitative estimate of drug-likeness (QED) is 0.547. The SMILES string of the molecule is CN(C)Cc1cc(-c2ccc([N+](=O)[O-])cc2)c2cnn(C)c2n1. The van der Waals surface area contributed by atoms with Crippen LogP contribution in [-0.4, -0.2) is 38.7 Å². The van der Waals surface area contributed by atoms with Gasteiger partial charge in [-0.2, -0.15) is 5.10 Å². The van der Waals surface area contributed by atoms with Gasteiger partial charge in [-0.1, -0.05) is 0 Å². The summed E-state index contributed by atoms with van der Waals surface area (Å²) in [5, 5.41) is 16.0. The number of aryl methyl sites for hydroxylation is 1. The van der Waals surface area contributed by atoms with Crippen LogP contribution in [0.2, 0.25) is 0 Å². The van der Waals surface area contributed by atoms with Crippen molar-refractivity contribution in [2.75, 3.05) is 14.1 Å². The van der Waals surface area contributed by atoms with Gasteiger partial charge in [0.05, 0.1) is 16.8 Å². The van der Waals surface area contributed by atoms with Gasteiger partial charge in [0.1, 0.15) is 0 Å². The van der Waals surface area contributed by atoms with Gasteiger partial charge in [-0.25, -0.2) is 4.98 Å². The van der Waals surface area contributed by atoms with Crippen LogP contribution in [0.4, 0.5) is 5.69 Å². The molecule has 0 spiro atoms. The van der Waals surface area contributed by atoms with E-state index >= 15 is 0 Å². The highest BCUT2D eigenvalue weighted by Crippen LogP contribution is 2.29. The third kappa shape index (κ3) is 2.91. The monoisotopic (exact) mass is 311 g/mol. The Hall–Kier alpha value is -2.80. The molecule has 3 rings (SSSR count). The second kappa shape index (κ2) is 5.77. The first-order valence-corrected chi connectivity index (χ1v) is 7.17. The lowest BCUT2D eigenvalue weighted by Gasteiger charge is -2.11. The van der Waals surface area contributed by atoms with Gasteiger partial charge < -0.3 is 4.90 Å². The molecule has 23 heavy (non-hydrogen) atoms. The van der Waals surface area contributed by atoms with E-state index in [9.17, 15) is 10.1 Å². The molecular formula is C16H17N5O2. The minimum atomic E-state index is -0.395. The highest BCUT2D eigenvalue weighted by molar-refractivity contribution is 5.92. The van der Waals surface area contributed by atoms with E-state index in [1.807, 2.05) is 32.1 Å². The molecule has 0 radical (unpaired) electrons. The predicted molar refractivity (Wildman–Crippen MR) is 88.0 cm³/mol. The van der Waals surface area contributed by atoms with Crippen molar-refractivity contribution >= 4 is 16.7 Å². The minimum absolute atomic E-state index is 0.0822. The van der Waals surface area contributed by atoms with Gasteiger partial charge in [-0.05, 0) is 43.4 Å². The standard InChI is InChI=1S/C16H17N5O2/c1-19(2)10-12-8-14(15-9-17-20(3)16(15)18-12)11-4-6-13(7-5-11)21(22)23/h4-9H,10H2,1-3H3. The number of nitro benzene ring substituents is 1. The molecule has 0 N–H and O–H groups in total. The van der Waals surface area contributed by atoms with Crippen LogP contribution in [-0.2, 0) is 13.6 Å². The predicted octanol–water partition coefficient (Wildman–Crippen LogP) is 2.61. The molecule has 0 aliphatic heterocycles. The molecule has 0 aliphatic rings. The van der Waals surface area contributed by atoms with Gasteiger partial charge in [0.15, 0.2) is 5.65 Å². The van der Waals surface area contributed by atoms with Gasteiger partial charge in [0.2, 0.25) is 0 Å². The molecule has 7 nitrogen and oxygen atoms in total. The lowest BCUT2D eigenvalue weighted by atomic mass is 10.0. The fourth-order valence-electron chi connectivity index (χ4n) is 2.57. The van der Waals surface area contributed by atoms with E-state index in [2.05, 4.69) is 10.1 Å². The van der Waals surface area contributed by atoms with Crippen molar-refractivity contribution in [3.8, 4) is 11.1 Å². The van der Waals surface area contributed by atoms with Crippen molar-refractivity contribution in [1.82, 2.24) is 19.7 Å². The fraction of sp³-hybridized carbons (Fsp3) is 0.250. The van der Waals surface area contributed by atoms with Crippen LogP contribution in [0.25, 0.3) is 22.2 Å². The molecule has 0 saturated heterocycles. The summed E-state index contributed by atoms with van der Waals surface area (Å²) in [5.74, 6) is 0. The first-order chi connectivity index (χ1) is 11.0. The largest absolute Gasteiger partial charge is 0.304 e. The molecule has 0 atom stereocenters. The number of non-ortho nitro benzene ring substituents is 1. The van der Waals surface area contributed by atoms with Crippen molar-refractivity contribution in [3.05, 3.63) is 52.3 Å². The van der Waals surface area contributed by atoms with Gasteiger partial charge in [-0.15, -0.1) is 0 Å². The van der Waals surface area contributed by atoms with Crippen molar-refractivity contribution in [2.45, 2.75) is 6.54 Å². The van der Waals surface area contributed by atoms with E-state index in [4.69, 9.17) is 0 Å². The van der Waals surface area contributed by atoms with Crippen molar-refractivity contribution in [2.24, 2.45) is 7.05 Å². The topological polar surface area (TPSA) is 77.1 Å². The van der Waals surface area contributed by atoms with Gasteiger partial charge in [-0.3, -0.25) is 14.8 Å². The molecule has 0 saturated carbocycles. The van der Waals surface area contributed by atoms with Crippen LogP contribution in [0, 0.1) is 10.1 Å². The highest BCUT2D eigenvalue weighted by Gasteiger charge is 2.13. The van der Waals surface area contributed by atoms with Crippen molar-refractivity contribution in [3.63, 3.8) is 0 Å². The third-order valence-electron chi connectivity index (χ3n) is 3.63. The zero-order chi connectivity index (χ0) is 16.6. The van der Waals surface area contributed by atoms with Gasteiger partial charge >= 0.3 is 0 Å². The number of hydrogen-bond acceptors (Lipinski definition) is 5. The van der Waals surface area contributed by atoms with E-state index in [1.165, 1.54) is 12.1 Å². The van der Waals surface area contributed by atoms with Crippen LogP contribution in [0.3, 0.4) is 0 Å². The molecule has 0 aliphatic carbocycles. The molecule has 2 heterocycles. The number of fused-ring (bicyclic) bond motifs is 1. The summed E-state index contributed by atoms with van der Waals surface area (Å²) in [4.78, 5) is 17.1. The molecule has 118 valence electrons. The Balaban J connectivity index is 2.16. The first-order valence-electron chi connectivity index (χ1n) is 7.17. The number of pyridine rings is 1. The Morgan fingerprint density at radius 1 is 1.26 bits per heavy atom. The molecule has 3 aromatic rings. The number of hydrogen-bond donors (Lipinski definition) is 0. The lowest BCUT2D eigenvalue weighted by Crippen LogP contribution is -2.12. The highest BCUT2D eigenvalue weighted by atomic mass is 16.6. The number of benzene rings is 1. The summed E-state index contributed by atoms with van der Waals surface area (Å²) in [7, 11) is 5.83. The van der Waals surface area contributed by atoms with Crippen molar-refractivity contribution in [1.29, 1.82) is 0 Å². The number of rotatable bonds is 4. The van der Waals surface area contributed by atoms with Gasteiger partial charge in [0, 0.05) is 31.1 Å². The van der Waals surface area contributed by atoms with E-state index in [-0.39, 0.29) is 5.69 Å². The lowest BCUT2D eigenvalue weighted by molar-refractivity contribution is -0.384. The summed E-state index contributed by atoms with van der Waals surface area (Å²) in [6.45, 7) is 0.709. The molecule has 0 unspecified atom stereocenters. The van der Waals surface area contributed by atoms with Crippen LogP contribution in [0.1, 0.15) is 5.69 Å². The summed E-state index contributed by atoms with van der Waals surface area (Å²) in [5.41, 5.74) is 3.71. The Labute approximate surface area is 133 Å². The third-order valence-corrected chi connectivity index (χ3v) is 3.63. The average molecular weight is 311 g/mol. The molecule has 2 aromatic heterocycles. The van der Waals surface area contributed by atoms with Crippen LogP contribution in [0.15, 0.2) is 36.5 Å². The molecule has 0 amide bonds. The Morgan fingerprint density at radius 3 is 2.57 bits per heavy atom. The average Bonchev–Trinajstić information content (AvgIpc) is 2.87. The fourth-order valence-corrected chi connectivity index (χ4v) is 2.57. The first kappa shape index (κ1) is 15.1. The number of nitrogens with zero attached hydrogens (tertiary/aromatic N) is 5. The Bertz CT molecular complexity index is 868. The molecule has 7 heteroatoms. The zero-order valence-corrected chi connectivity index (χ0v) is 13.2. The molecule has 0 fully saturated rings. The maximum Gasteiger partial charge on any atom is 0.269 e. The molecule has 0 bridgehead atoms. The second-order valence-electron chi connectivity index (χ2n) is 5.71. The maximum atomic E-state index is 10.8. The molecule has 1 aromatic carbocycles. The van der Waals surface area contributed by atoms with Crippen LogP contribution >= 0.6 is 0 Å². The number of aromatic nitrogens is 3. The van der Waals surface area contributed by atoms with Gasteiger partial charge in [0.25, 0.3) is 5.69 Å². The smallest absolute Gasteiger partial charge is 0.269 e. The van der Waals surface area contributed by atoms with E-state index in [0.717, 1.165) is 27.9 Å². The van der Waals surface area contributed by atoms with Crippen LogP contribution in [0.5, 0.6) is 0 Å². The Kier molecular flexibility index (Phi) is 3.79. The second-order valence-corrected chi connectivity index (χ2v) is 5.71. The van der Waals surface area contributed by atoms with E-state index in [0.29, 0.717) is 6.54 Å². The van der Waals surface area contributed by atoms with E-state index < -0.39 is 4.92 Å². The van der Waals surface area contributed by atoms with E-state index in [1.54, 1.807) is 23.0 Å². The summed E-state index contributed by atoms with van der Waals surface area (Å²) < 4.78 is 1.74. The normalized spacial score (nSPS) is 11.3. The maximum absolute atomic E-state index is 10.8.